The van der Waals surface area contributed by atoms with E-state index >= 15 is 0 Å². The second kappa shape index (κ2) is 11.1. The van der Waals surface area contributed by atoms with Crippen molar-refractivity contribution in [3.05, 3.63) is 29.3 Å². The van der Waals surface area contributed by atoms with Crippen LogP contribution in [0.25, 0.3) is 0 Å². The highest BCUT2D eigenvalue weighted by molar-refractivity contribution is 7.73. The van der Waals surface area contributed by atoms with Crippen molar-refractivity contribution in [3.63, 3.8) is 0 Å². The number of halogens is 1. The maximum Gasteiger partial charge on any atom is 0.285 e. The first-order valence-electron chi connectivity index (χ1n) is 7.94. The molecule has 0 saturated carbocycles. The molecule has 1 amide bonds. The van der Waals surface area contributed by atoms with Gasteiger partial charge in [0.1, 0.15) is 5.37 Å². The third-order valence-electron chi connectivity index (χ3n) is 3.30. The third kappa shape index (κ3) is 8.87. The number of nitrogens with zero attached hydrogens (tertiary/aromatic N) is 2. The van der Waals surface area contributed by atoms with Gasteiger partial charge < -0.3 is 10.2 Å². The van der Waals surface area contributed by atoms with E-state index in [-0.39, 0.29) is 12.5 Å². The number of nitrogens with one attached hydrogen (secondary N) is 1. The molecule has 0 aromatic heterocycles. The zero-order valence-corrected chi connectivity index (χ0v) is 15.9. The van der Waals surface area contributed by atoms with E-state index in [9.17, 15) is 13.2 Å². The van der Waals surface area contributed by atoms with Crippen molar-refractivity contribution in [1.82, 2.24) is 10.4 Å². The minimum absolute atomic E-state index is 0.0902. The fourth-order valence-corrected chi connectivity index (χ4v) is 2.57. The molecule has 25 heavy (non-hydrogen) atoms. The lowest BCUT2D eigenvalue weighted by Crippen LogP contribution is -2.43. The lowest BCUT2D eigenvalue weighted by atomic mass is 10.2. The molecule has 0 aliphatic carbocycles. The molecular weight excluding hydrogens is 366 g/mol. The van der Waals surface area contributed by atoms with E-state index in [4.69, 9.17) is 16.8 Å². The van der Waals surface area contributed by atoms with Crippen molar-refractivity contribution < 1.29 is 18.4 Å². The first-order chi connectivity index (χ1) is 11.8. The first kappa shape index (κ1) is 21.4. The van der Waals surface area contributed by atoms with Crippen molar-refractivity contribution in [2.45, 2.75) is 13.8 Å². The summed E-state index contributed by atoms with van der Waals surface area (Å²) >= 11 is 5.82. The van der Waals surface area contributed by atoms with E-state index < -0.39 is 16.2 Å². The molecule has 1 aromatic carbocycles. The molecule has 1 aromatic rings. The second-order valence-electron chi connectivity index (χ2n) is 5.91. The molecule has 1 saturated heterocycles. The highest BCUT2D eigenvalue weighted by atomic mass is 35.5. The molecule has 1 heterocycles. The van der Waals surface area contributed by atoms with Crippen LogP contribution in [0, 0.1) is 5.92 Å². The van der Waals surface area contributed by atoms with Gasteiger partial charge in [-0.15, -0.1) is 0 Å². The van der Waals surface area contributed by atoms with Crippen LogP contribution in [0.1, 0.15) is 13.8 Å². The maximum atomic E-state index is 10.7. The number of hydrogen-bond acceptors (Lipinski definition) is 6. The highest BCUT2D eigenvalue weighted by Crippen LogP contribution is 2.17. The number of piperazine rings is 1. The number of benzene rings is 1. The van der Waals surface area contributed by atoms with Gasteiger partial charge >= 0.3 is 0 Å². The van der Waals surface area contributed by atoms with Crippen LogP contribution in [0.3, 0.4) is 0 Å². The van der Waals surface area contributed by atoms with Crippen LogP contribution < -0.4 is 10.2 Å². The molecule has 0 radical (unpaired) electrons. The van der Waals surface area contributed by atoms with Crippen molar-refractivity contribution in [2.75, 3.05) is 37.6 Å². The average molecular weight is 390 g/mol. The highest BCUT2D eigenvalue weighted by Gasteiger charge is 2.10. The molecule has 9 heteroatoms. The van der Waals surface area contributed by atoms with E-state index in [2.05, 4.69) is 22.3 Å². The van der Waals surface area contributed by atoms with Crippen LogP contribution in [0.15, 0.2) is 24.3 Å². The molecule has 0 atom stereocenters. The summed E-state index contributed by atoms with van der Waals surface area (Å²) < 4.78 is 20.0. The molecule has 0 spiro atoms. The zero-order valence-electron chi connectivity index (χ0n) is 14.4. The average Bonchev–Trinajstić information content (AvgIpc) is 2.55. The summed E-state index contributed by atoms with van der Waals surface area (Å²) in [6.07, 6.45) is 0. The van der Waals surface area contributed by atoms with Crippen molar-refractivity contribution in [3.8, 4) is 0 Å². The summed E-state index contributed by atoms with van der Waals surface area (Å²) in [6, 6.07) is 8.04. The van der Waals surface area contributed by atoms with Crippen molar-refractivity contribution >= 4 is 38.9 Å². The van der Waals surface area contributed by atoms with Crippen LogP contribution in [0.5, 0.6) is 0 Å². The normalized spacial score (nSPS) is 13.7. The Morgan fingerprint density at radius 2 is 1.88 bits per heavy atom. The van der Waals surface area contributed by atoms with Gasteiger partial charge in [0.05, 0.1) is 6.54 Å². The topological polar surface area (TPSA) is 90.0 Å². The lowest BCUT2D eigenvalue weighted by Gasteiger charge is -2.29. The number of carbonyl (C=O) groups excluding carboxylic acids is 1. The Hall–Kier alpha value is -1.61. The van der Waals surface area contributed by atoms with Crippen molar-refractivity contribution in [2.24, 2.45) is 5.92 Å². The summed E-state index contributed by atoms with van der Waals surface area (Å²) in [5, 5.41) is 13.8. The van der Waals surface area contributed by atoms with Gasteiger partial charge in [0.15, 0.2) is 0 Å². The standard InChI is InChI=1S/C10H13ClN2.C6H11NO4S/c11-9-1-3-10(4-2-9)13-7-5-12-6-8-13;1-5(2)3-7(9)6(8)4-12(10)11/h1-4,12H,5-8H2;4-5,9H,3H2,1-2H3. The monoisotopic (exact) mass is 389 g/mol. The Morgan fingerprint density at radius 3 is 2.36 bits per heavy atom. The smallest absolute Gasteiger partial charge is 0.285 e. The van der Waals surface area contributed by atoms with Gasteiger partial charge in [-0.1, -0.05) is 25.4 Å². The van der Waals surface area contributed by atoms with Gasteiger partial charge in [-0.3, -0.25) is 10.0 Å². The second-order valence-corrected chi connectivity index (χ2v) is 7.10. The zero-order chi connectivity index (χ0) is 18.8. The van der Waals surface area contributed by atoms with Gasteiger partial charge in [0.2, 0.25) is 10.3 Å². The summed E-state index contributed by atoms with van der Waals surface area (Å²) in [5.41, 5.74) is 1.27. The number of amides is 1. The van der Waals surface area contributed by atoms with Gasteiger partial charge in [0.25, 0.3) is 5.91 Å². The predicted molar refractivity (Wildman–Crippen MR) is 99.9 cm³/mol. The molecule has 2 rings (SSSR count). The van der Waals surface area contributed by atoms with E-state index in [0.717, 1.165) is 31.2 Å². The summed E-state index contributed by atoms with van der Waals surface area (Å²) in [7, 11) is -2.56. The maximum absolute atomic E-state index is 10.7. The third-order valence-corrected chi connectivity index (χ3v) is 3.94. The number of rotatable bonds is 4. The molecule has 0 unspecified atom stereocenters. The van der Waals surface area contributed by atoms with Gasteiger partial charge in [-0.25, -0.2) is 5.06 Å². The van der Waals surface area contributed by atoms with Crippen LogP contribution >= 0.6 is 11.6 Å². The van der Waals surface area contributed by atoms with E-state index in [1.807, 2.05) is 12.1 Å². The van der Waals surface area contributed by atoms with Crippen LogP contribution in [0.2, 0.25) is 5.02 Å². The molecule has 0 bridgehead atoms. The molecular formula is C16H24ClN3O4S. The van der Waals surface area contributed by atoms with Gasteiger partial charge in [-0.2, -0.15) is 8.42 Å². The van der Waals surface area contributed by atoms with Crippen molar-refractivity contribution in [1.29, 1.82) is 0 Å². The summed E-state index contributed by atoms with van der Waals surface area (Å²) in [5.74, 6) is -0.829. The summed E-state index contributed by atoms with van der Waals surface area (Å²) in [6.45, 7) is 8.02. The largest absolute Gasteiger partial charge is 0.369 e. The quantitative estimate of drug-likeness (QED) is 0.458. The number of hydroxylamine groups is 2. The van der Waals surface area contributed by atoms with Crippen LogP contribution in [-0.2, 0) is 15.1 Å². The fourth-order valence-electron chi connectivity index (χ4n) is 2.15. The number of hydrogen-bond donors (Lipinski definition) is 2. The Morgan fingerprint density at radius 1 is 1.32 bits per heavy atom. The fraction of sp³-hybridized carbons (Fsp3) is 0.500. The molecule has 140 valence electrons. The SMILES string of the molecule is CC(C)CN(O)C(=O)C=S(=O)=O.Clc1ccc(N2CCNCC2)cc1. The number of anilines is 1. The van der Waals surface area contributed by atoms with E-state index in [1.165, 1.54) is 5.69 Å². The Labute approximate surface area is 154 Å². The Balaban J connectivity index is 0.000000252. The van der Waals surface area contributed by atoms with Gasteiger partial charge in [0, 0.05) is 36.9 Å². The minimum atomic E-state index is -2.56. The van der Waals surface area contributed by atoms with Gasteiger partial charge in [-0.05, 0) is 30.2 Å². The van der Waals surface area contributed by atoms with Crippen LogP contribution in [-0.4, -0.2) is 62.7 Å². The molecule has 2 N–H and O–H groups in total. The first-order valence-corrected chi connectivity index (χ1v) is 9.45. The van der Waals surface area contributed by atoms with E-state index in [0.29, 0.717) is 10.4 Å². The van der Waals surface area contributed by atoms with Crippen LogP contribution in [0.4, 0.5) is 5.69 Å². The minimum Gasteiger partial charge on any atom is -0.369 e. The molecule has 7 nitrogen and oxygen atoms in total. The molecule has 1 aliphatic heterocycles. The molecule has 1 aliphatic rings. The molecule has 1 fully saturated rings. The summed E-state index contributed by atoms with van der Waals surface area (Å²) in [4.78, 5) is 13.1. The van der Waals surface area contributed by atoms with E-state index in [1.54, 1.807) is 13.8 Å². The lowest BCUT2D eigenvalue weighted by molar-refractivity contribution is -0.158. The Kier molecular flexibility index (Phi) is 9.51. The Bertz CT molecular complexity index is 663. The predicted octanol–water partition coefficient (Wildman–Crippen LogP) is 1.29. The number of carbonyl (C=O) groups is 1.